The van der Waals surface area contributed by atoms with Crippen molar-refractivity contribution in [2.75, 3.05) is 47.5 Å². The maximum absolute atomic E-state index is 12.7. The lowest BCUT2D eigenvalue weighted by Gasteiger charge is -2.24. The van der Waals surface area contributed by atoms with Crippen LogP contribution in [-0.2, 0) is 32.7 Å². The van der Waals surface area contributed by atoms with Gasteiger partial charge in [-0.3, -0.25) is 18.6 Å². The number of carbonyl (C=O) groups is 2. The van der Waals surface area contributed by atoms with Gasteiger partial charge in [-0.1, -0.05) is 186 Å². The van der Waals surface area contributed by atoms with Crippen molar-refractivity contribution in [2.45, 2.75) is 225 Å². The van der Waals surface area contributed by atoms with Crippen molar-refractivity contribution in [3.63, 3.8) is 0 Å². The van der Waals surface area contributed by atoms with Gasteiger partial charge in [0.2, 0.25) is 0 Å². The first-order valence-electron chi connectivity index (χ1n) is 23.4. The van der Waals surface area contributed by atoms with Crippen LogP contribution in [0.1, 0.15) is 219 Å². The van der Waals surface area contributed by atoms with Crippen LogP contribution >= 0.6 is 7.82 Å². The molecule has 0 aliphatic rings. The van der Waals surface area contributed by atoms with Crippen LogP contribution in [0.25, 0.3) is 0 Å². The molecule has 0 spiro atoms. The SMILES string of the molecule is C=CCCCCCCCCCCCCCCCC(=O)OC[C@H](COP(=O)(O)OCC[N+](C)(C)C)OC(=O)CCCCCCCCCCCCCCCCCCC. The lowest BCUT2D eigenvalue weighted by Crippen LogP contribution is -2.37. The molecule has 0 radical (unpaired) electrons. The first kappa shape index (κ1) is 54.8. The highest BCUT2D eigenvalue weighted by Gasteiger charge is 2.27. The van der Waals surface area contributed by atoms with E-state index in [1.54, 1.807) is 0 Å². The first-order chi connectivity index (χ1) is 27.0. The first-order valence-corrected chi connectivity index (χ1v) is 24.9. The number of esters is 2. The third kappa shape index (κ3) is 42.4. The predicted molar refractivity (Wildman–Crippen MR) is 234 cm³/mol. The number of hydrogen-bond acceptors (Lipinski definition) is 7. The maximum Gasteiger partial charge on any atom is 0.472 e. The standard InChI is InChI=1S/C46H90NO8P/c1-6-8-10-12-14-16-18-20-22-23-25-27-29-31-33-35-37-39-46(49)55-44(43-54-56(50,51)53-41-40-47(3,4)5)42-52-45(48)38-36-34-32-30-28-26-24-21-19-17-15-13-11-9-7-2/h7,44H,2,6,8-43H2,1,3-5H3/p+1/t44-/m1/s1. The van der Waals surface area contributed by atoms with E-state index in [9.17, 15) is 19.0 Å². The Morgan fingerprint density at radius 2 is 0.946 bits per heavy atom. The van der Waals surface area contributed by atoms with E-state index in [1.807, 2.05) is 27.2 Å². The molecule has 0 fully saturated rings. The summed E-state index contributed by atoms with van der Waals surface area (Å²) in [4.78, 5) is 35.4. The highest BCUT2D eigenvalue weighted by Crippen LogP contribution is 2.43. The number of quaternary nitrogens is 1. The summed E-state index contributed by atoms with van der Waals surface area (Å²) in [6, 6.07) is 0. The van der Waals surface area contributed by atoms with Gasteiger partial charge in [0.15, 0.2) is 6.10 Å². The van der Waals surface area contributed by atoms with Gasteiger partial charge in [-0.15, -0.1) is 6.58 Å². The molecule has 56 heavy (non-hydrogen) atoms. The van der Waals surface area contributed by atoms with E-state index in [2.05, 4.69) is 13.5 Å². The van der Waals surface area contributed by atoms with E-state index < -0.39 is 26.5 Å². The molecule has 0 bridgehead atoms. The lowest BCUT2D eigenvalue weighted by atomic mass is 10.0. The zero-order chi connectivity index (χ0) is 41.4. The third-order valence-corrected chi connectivity index (χ3v) is 11.4. The summed E-state index contributed by atoms with van der Waals surface area (Å²) >= 11 is 0. The van der Waals surface area contributed by atoms with Crippen molar-refractivity contribution in [2.24, 2.45) is 0 Å². The molecule has 0 amide bonds. The van der Waals surface area contributed by atoms with E-state index in [0.29, 0.717) is 23.9 Å². The number of ether oxygens (including phenoxy) is 2. The second kappa shape index (κ2) is 39.2. The summed E-state index contributed by atoms with van der Waals surface area (Å²) in [6.07, 6.45) is 40.0. The molecule has 332 valence electrons. The van der Waals surface area contributed by atoms with Crippen molar-refractivity contribution in [3.05, 3.63) is 12.7 Å². The average Bonchev–Trinajstić information content (AvgIpc) is 3.15. The number of rotatable bonds is 44. The van der Waals surface area contributed by atoms with Crippen LogP contribution < -0.4 is 0 Å². The Kier molecular flexibility index (Phi) is 38.3. The molecule has 0 aromatic rings. The summed E-state index contributed by atoms with van der Waals surface area (Å²) in [5, 5.41) is 0. The molecular formula is C46H91NO8P+. The molecule has 2 atom stereocenters. The molecule has 0 rings (SSSR count). The number of unbranched alkanes of at least 4 members (excludes halogenated alkanes) is 29. The number of likely N-dealkylation sites (N-methyl/N-ethyl adjacent to an activating group) is 1. The van der Waals surface area contributed by atoms with Crippen molar-refractivity contribution >= 4 is 19.8 Å². The Balaban J connectivity index is 4.27. The number of nitrogens with zero attached hydrogens (tertiary/aromatic N) is 1. The van der Waals surface area contributed by atoms with Gasteiger partial charge in [0.25, 0.3) is 0 Å². The topological polar surface area (TPSA) is 108 Å². The number of carbonyl (C=O) groups excluding carboxylic acids is 2. The van der Waals surface area contributed by atoms with Gasteiger partial charge in [0.1, 0.15) is 19.8 Å². The Bertz CT molecular complexity index is 956. The summed E-state index contributed by atoms with van der Waals surface area (Å²) in [6.45, 7) is 5.98. The smallest absolute Gasteiger partial charge is 0.462 e. The van der Waals surface area contributed by atoms with E-state index in [1.165, 1.54) is 154 Å². The van der Waals surface area contributed by atoms with Crippen molar-refractivity contribution in [1.82, 2.24) is 0 Å². The van der Waals surface area contributed by atoms with E-state index in [-0.39, 0.29) is 25.6 Å². The summed E-state index contributed by atoms with van der Waals surface area (Å²) in [5.41, 5.74) is 0. The van der Waals surface area contributed by atoms with Crippen LogP contribution in [0.15, 0.2) is 12.7 Å². The molecule has 0 saturated carbocycles. The number of phosphoric ester groups is 1. The monoisotopic (exact) mass is 817 g/mol. The van der Waals surface area contributed by atoms with Gasteiger partial charge in [-0.25, -0.2) is 4.57 Å². The Morgan fingerprint density at radius 3 is 1.34 bits per heavy atom. The summed E-state index contributed by atoms with van der Waals surface area (Å²) in [5.74, 6) is -0.788. The fraction of sp³-hybridized carbons (Fsp3) is 0.913. The van der Waals surface area contributed by atoms with Crippen LogP contribution in [0.3, 0.4) is 0 Å². The molecule has 0 saturated heterocycles. The van der Waals surface area contributed by atoms with Gasteiger partial charge >= 0.3 is 19.8 Å². The quantitative estimate of drug-likeness (QED) is 0.0213. The minimum atomic E-state index is -4.37. The normalized spacial score (nSPS) is 13.4. The van der Waals surface area contributed by atoms with Crippen LogP contribution in [0, 0.1) is 0 Å². The highest BCUT2D eigenvalue weighted by atomic mass is 31.2. The Hall–Kier alpha value is -1.25. The van der Waals surface area contributed by atoms with Gasteiger partial charge in [-0.05, 0) is 25.7 Å². The predicted octanol–water partition coefficient (Wildman–Crippen LogP) is 13.4. The average molecular weight is 817 g/mol. The van der Waals surface area contributed by atoms with Crippen LogP contribution in [0.2, 0.25) is 0 Å². The number of phosphoric acid groups is 1. The molecule has 0 aromatic carbocycles. The largest absolute Gasteiger partial charge is 0.472 e. The zero-order valence-electron chi connectivity index (χ0n) is 37.2. The molecule has 0 heterocycles. The summed E-state index contributed by atoms with van der Waals surface area (Å²) < 4.78 is 34.4. The molecule has 1 unspecified atom stereocenters. The highest BCUT2D eigenvalue weighted by molar-refractivity contribution is 7.47. The molecule has 0 aromatic heterocycles. The molecule has 9 nitrogen and oxygen atoms in total. The van der Waals surface area contributed by atoms with Crippen molar-refractivity contribution < 1.29 is 42.1 Å². The van der Waals surface area contributed by atoms with Gasteiger partial charge < -0.3 is 18.9 Å². The van der Waals surface area contributed by atoms with Crippen LogP contribution in [0.5, 0.6) is 0 Å². The fourth-order valence-electron chi connectivity index (χ4n) is 6.76. The fourth-order valence-corrected chi connectivity index (χ4v) is 7.50. The zero-order valence-corrected chi connectivity index (χ0v) is 38.1. The van der Waals surface area contributed by atoms with Gasteiger partial charge in [-0.2, -0.15) is 0 Å². The number of hydrogen-bond donors (Lipinski definition) is 1. The van der Waals surface area contributed by atoms with Crippen molar-refractivity contribution in [3.8, 4) is 0 Å². The van der Waals surface area contributed by atoms with Crippen LogP contribution in [-0.4, -0.2) is 74.9 Å². The Morgan fingerprint density at radius 1 is 0.571 bits per heavy atom. The van der Waals surface area contributed by atoms with E-state index in [4.69, 9.17) is 18.5 Å². The molecule has 10 heteroatoms. The maximum atomic E-state index is 12.7. The van der Waals surface area contributed by atoms with E-state index >= 15 is 0 Å². The molecule has 0 aliphatic carbocycles. The second-order valence-corrected chi connectivity index (χ2v) is 18.7. The third-order valence-electron chi connectivity index (χ3n) is 10.4. The second-order valence-electron chi connectivity index (χ2n) is 17.2. The molecular weight excluding hydrogens is 725 g/mol. The lowest BCUT2D eigenvalue weighted by molar-refractivity contribution is -0.870. The minimum absolute atomic E-state index is 0.0347. The van der Waals surface area contributed by atoms with Crippen LogP contribution in [0.4, 0.5) is 0 Å². The minimum Gasteiger partial charge on any atom is -0.462 e. The molecule has 1 N–H and O–H groups in total. The molecule has 0 aliphatic heterocycles. The van der Waals surface area contributed by atoms with Gasteiger partial charge in [0.05, 0.1) is 27.7 Å². The van der Waals surface area contributed by atoms with E-state index in [0.717, 1.165) is 38.5 Å². The Labute approximate surface area is 346 Å². The number of allylic oxidation sites excluding steroid dienone is 1. The van der Waals surface area contributed by atoms with Gasteiger partial charge in [0, 0.05) is 12.8 Å². The summed E-state index contributed by atoms with van der Waals surface area (Å²) in [7, 11) is 1.49. The van der Waals surface area contributed by atoms with Crippen molar-refractivity contribution in [1.29, 1.82) is 0 Å².